The van der Waals surface area contributed by atoms with Crippen molar-refractivity contribution in [3.63, 3.8) is 0 Å². The molecule has 166 valence electrons. The van der Waals surface area contributed by atoms with Gasteiger partial charge in [0, 0.05) is 10.4 Å². The van der Waals surface area contributed by atoms with E-state index < -0.39 is 37.1 Å². The van der Waals surface area contributed by atoms with Crippen molar-refractivity contribution in [2.45, 2.75) is 49.8 Å². The summed E-state index contributed by atoms with van der Waals surface area (Å²) in [5.41, 5.74) is 5.75. The van der Waals surface area contributed by atoms with E-state index >= 15 is 0 Å². The van der Waals surface area contributed by atoms with Crippen molar-refractivity contribution in [3.8, 4) is 0 Å². The van der Waals surface area contributed by atoms with E-state index in [1.807, 2.05) is 6.07 Å². The fraction of sp³-hybridized carbons (Fsp3) is 0.500. The Labute approximate surface area is 186 Å². The van der Waals surface area contributed by atoms with Gasteiger partial charge >= 0.3 is 0 Å². The normalized spacial score (nSPS) is 31.5. The molecule has 2 aliphatic heterocycles. The lowest BCUT2D eigenvalue weighted by atomic mass is 9.83. The molecule has 5 rings (SSSR count). The van der Waals surface area contributed by atoms with Gasteiger partial charge in [0.25, 0.3) is 0 Å². The number of hydrogen-bond donors (Lipinski definition) is 4. The molecular weight excluding hydrogens is 420 g/mol. The second-order valence-electron chi connectivity index (χ2n) is 9.23. The summed E-state index contributed by atoms with van der Waals surface area (Å²) in [4.78, 5) is 0. The molecule has 0 saturated carbocycles. The maximum absolute atomic E-state index is 10.4. The third kappa shape index (κ3) is 3.80. The molecule has 31 heavy (non-hydrogen) atoms. The van der Waals surface area contributed by atoms with Crippen molar-refractivity contribution in [3.05, 3.63) is 69.2 Å². The predicted octanol–water partition coefficient (Wildman–Crippen LogP) is 1.56. The van der Waals surface area contributed by atoms with Crippen molar-refractivity contribution < 1.29 is 29.9 Å². The van der Waals surface area contributed by atoms with Gasteiger partial charge in [-0.25, -0.2) is 0 Å². The van der Waals surface area contributed by atoms with E-state index in [1.165, 1.54) is 11.1 Å². The lowest BCUT2D eigenvalue weighted by Crippen LogP contribution is -2.55. The van der Waals surface area contributed by atoms with Crippen LogP contribution in [0.5, 0.6) is 0 Å². The van der Waals surface area contributed by atoms with E-state index in [9.17, 15) is 20.4 Å². The average molecular weight is 447 g/mol. The maximum atomic E-state index is 10.4. The van der Waals surface area contributed by atoms with Crippen LogP contribution < -0.4 is 0 Å². The Morgan fingerprint density at radius 2 is 1.71 bits per heavy atom. The highest BCUT2D eigenvalue weighted by molar-refractivity contribution is 6.31. The van der Waals surface area contributed by atoms with E-state index in [0.29, 0.717) is 22.4 Å². The Kier molecular flexibility index (Phi) is 5.59. The fourth-order valence-electron chi connectivity index (χ4n) is 5.10. The number of aliphatic hydroxyl groups is 4. The molecule has 0 radical (unpaired) electrons. The number of fused-ring (bicyclic) bond motifs is 1. The smallest absolute Gasteiger partial charge is 0.113 e. The minimum atomic E-state index is -1.41. The Hall–Kier alpha value is -1.51. The number of aliphatic hydroxyl groups excluding tert-OH is 4. The first-order valence-electron chi connectivity index (χ1n) is 10.7. The Morgan fingerprint density at radius 1 is 0.935 bits per heavy atom. The van der Waals surface area contributed by atoms with Crippen LogP contribution in [0.25, 0.3) is 0 Å². The number of hydrogen-bond acceptors (Lipinski definition) is 6. The number of ether oxygens (including phenoxy) is 2. The van der Waals surface area contributed by atoms with Crippen LogP contribution >= 0.6 is 11.6 Å². The van der Waals surface area contributed by atoms with Crippen molar-refractivity contribution in [1.29, 1.82) is 0 Å². The molecule has 0 amide bonds. The molecule has 0 bridgehead atoms. The van der Waals surface area contributed by atoms with Crippen LogP contribution in [0.15, 0.2) is 36.4 Å². The summed E-state index contributed by atoms with van der Waals surface area (Å²) in [6.07, 6.45) is -3.15. The van der Waals surface area contributed by atoms with Crippen molar-refractivity contribution in [1.82, 2.24) is 0 Å². The average Bonchev–Trinajstić information content (AvgIpc) is 3.14. The van der Waals surface area contributed by atoms with Crippen LogP contribution in [0.4, 0.5) is 0 Å². The Morgan fingerprint density at radius 3 is 2.42 bits per heavy atom. The molecule has 2 saturated heterocycles. The summed E-state index contributed by atoms with van der Waals surface area (Å²) in [7, 11) is 0. The zero-order chi connectivity index (χ0) is 21.8. The van der Waals surface area contributed by atoms with Gasteiger partial charge in [0.2, 0.25) is 0 Å². The highest BCUT2D eigenvalue weighted by atomic mass is 35.5. The van der Waals surface area contributed by atoms with Crippen LogP contribution in [-0.4, -0.2) is 64.7 Å². The first-order chi connectivity index (χ1) is 14.9. The van der Waals surface area contributed by atoms with Crippen LogP contribution in [0.2, 0.25) is 5.02 Å². The molecule has 0 unspecified atom stereocenters. The van der Waals surface area contributed by atoms with Gasteiger partial charge < -0.3 is 29.9 Å². The molecule has 1 spiro atoms. The van der Waals surface area contributed by atoms with Gasteiger partial charge in [-0.15, -0.1) is 0 Å². The molecule has 0 aromatic heterocycles. The van der Waals surface area contributed by atoms with Gasteiger partial charge in [0.15, 0.2) is 0 Å². The van der Waals surface area contributed by atoms with Crippen LogP contribution in [0.3, 0.4) is 0 Å². The van der Waals surface area contributed by atoms with Gasteiger partial charge in [-0.3, -0.25) is 0 Å². The summed E-state index contributed by atoms with van der Waals surface area (Å²) in [5.74, 6) is 0. The van der Waals surface area contributed by atoms with E-state index in [4.69, 9.17) is 21.1 Å². The minimum absolute atomic E-state index is 0.293. The SMILES string of the molecule is OC[C@H]1O[C@@H](c2ccc(Cl)c(Cc3ccc4c(c3)CC3(COC3)C4)c2)[C@H](O)[C@@H](O)[C@@H]1O. The summed E-state index contributed by atoms with van der Waals surface area (Å²) in [6, 6.07) is 11.9. The highest BCUT2D eigenvalue weighted by Gasteiger charge is 2.44. The van der Waals surface area contributed by atoms with E-state index in [1.54, 1.807) is 12.1 Å². The molecule has 6 nitrogen and oxygen atoms in total. The van der Waals surface area contributed by atoms with Gasteiger partial charge in [0.1, 0.15) is 30.5 Å². The zero-order valence-corrected chi connectivity index (χ0v) is 17.8. The number of halogens is 1. The van der Waals surface area contributed by atoms with Gasteiger partial charge in [0.05, 0.1) is 19.8 Å². The summed E-state index contributed by atoms with van der Waals surface area (Å²) in [6.45, 7) is 1.22. The second-order valence-corrected chi connectivity index (χ2v) is 9.63. The lowest BCUT2D eigenvalue weighted by Gasteiger charge is -2.40. The molecule has 7 heteroatoms. The summed E-state index contributed by atoms with van der Waals surface area (Å²) in [5, 5.41) is 40.7. The van der Waals surface area contributed by atoms with E-state index in [2.05, 4.69) is 18.2 Å². The predicted molar refractivity (Wildman–Crippen MR) is 114 cm³/mol. The largest absolute Gasteiger partial charge is 0.394 e. The minimum Gasteiger partial charge on any atom is -0.394 e. The molecule has 3 aliphatic rings. The van der Waals surface area contributed by atoms with E-state index in [-0.39, 0.29) is 0 Å². The molecule has 2 fully saturated rings. The van der Waals surface area contributed by atoms with Crippen molar-refractivity contribution in [2.24, 2.45) is 5.41 Å². The third-order valence-electron chi connectivity index (χ3n) is 6.90. The molecule has 5 atom stereocenters. The summed E-state index contributed by atoms with van der Waals surface area (Å²) >= 11 is 6.47. The Balaban J connectivity index is 1.38. The monoisotopic (exact) mass is 446 g/mol. The van der Waals surface area contributed by atoms with Crippen LogP contribution in [0, 0.1) is 5.41 Å². The van der Waals surface area contributed by atoms with Gasteiger partial charge in [-0.1, -0.05) is 41.9 Å². The van der Waals surface area contributed by atoms with Gasteiger partial charge in [-0.2, -0.15) is 0 Å². The standard InChI is InChI=1S/C24H27ClO6/c25-18-4-3-14(23-22(29)21(28)20(27)19(10-26)31-23)7-16(18)5-13-1-2-15-8-24(11-30-12-24)9-17(15)6-13/h1-4,6-7,19-23,26-29H,5,8-12H2/t19-,20-,21+,22-,23+/m1/s1. The number of benzene rings is 2. The number of rotatable bonds is 4. The van der Waals surface area contributed by atoms with E-state index in [0.717, 1.165) is 37.2 Å². The molecule has 1 aliphatic carbocycles. The third-order valence-corrected chi connectivity index (χ3v) is 7.27. The molecule has 2 aromatic rings. The van der Waals surface area contributed by atoms with Crippen LogP contribution in [-0.2, 0) is 28.7 Å². The second kappa shape index (κ2) is 8.12. The molecule has 2 aromatic carbocycles. The zero-order valence-electron chi connectivity index (χ0n) is 17.1. The fourth-order valence-corrected chi connectivity index (χ4v) is 5.28. The van der Waals surface area contributed by atoms with Crippen molar-refractivity contribution >= 4 is 11.6 Å². The molecular formula is C24H27ClO6. The maximum Gasteiger partial charge on any atom is 0.113 e. The van der Waals surface area contributed by atoms with Crippen LogP contribution in [0.1, 0.15) is 33.9 Å². The first-order valence-corrected chi connectivity index (χ1v) is 11.0. The first kappa shape index (κ1) is 21.3. The van der Waals surface area contributed by atoms with Crippen molar-refractivity contribution in [2.75, 3.05) is 19.8 Å². The topological polar surface area (TPSA) is 99.4 Å². The Bertz CT molecular complexity index is 973. The molecule has 4 N–H and O–H groups in total. The quantitative estimate of drug-likeness (QED) is 0.569. The summed E-state index contributed by atoms with van der Waals surface area (Å²) < 4.78 is 11.1. The molecule has 2 heterocycles. The highest BCUT2D eigenvalue weighted by Crippen LogP contribution is 2.43. The van der Waals surface area contributed by atoms with Gasteiger partial charge in [-0.05, 0) is 53.1 Å². The lowest BCUT2D eigenvalue weighted by molar-refractivity contribution is -0.231.